The number of amides is 2. The number of nitrogens with one attached hydrogen (secondary N) is 2. The summed E-state index contributed by atoms with van der Waals surface area (Å²) in [6.07, 6.45) is 1.76. The minimum absolute atomic E-state index is 0.335. The molecule has 2 aromatic rings. The van der Waals surface area contributed by atoms with Crippen LogP contribution in [0.4, 0.5) is 21.9 Å². The molecule has 0 saturated carbocycles. The molecule has 138 valence electrons. The Hall–Kier alpha value is -3.02. The number of unbranched alkanes of at least 4 members (excludes halogenated alkanes) is 1. The number of anilines is 3. The summed E-state index contributed by atoms with van der Waals surface area (Å²) >= 11 is 0. The second kappa shape index (κ2) is 9.46. The maximum absolute atomic E-state index is 12.3. The van der Waals surface area contributed by atoms with Gasteiger partial charge in [-0.2, -0.15) is 0 Å². The Balaban J connectivity index is 2.01. The summed E-state index contributed by atoms with van der Waals surface area (Å²) in [5, 5.41) is 5.46. The number of nitrogens with zero attached hydrogens (tertiary/aromatic N) is 1. The van der Waals surface area contributed by atoms with Gasteiger partial charge in [0.15, 0.2) is 0 Å². The van der Waals surface area contributed by atoms with E-state index < -0.39 is 12.0 Å². The summed E-state index contributed by atoms with van der Waals surface area (Å²) in [4.78, 5) is 26.4. The molecule has 6 heteroatoms. The van der Waals surface area contributed by atoms with Crippen LogP contribution >= 0.6 is 0 Å². The summed E-state index contributed by atoms with van der Waals surface area (Å²) in [5.74, 6) is -0.440. The fraction of sp³-hybridized carbons (Fsp3) is 0.300. The molecule has 2 N–H and O–H groups in total. The smallest absolute Gasteiger partial charge is 0.340 e. The van der Waals surface area contributed by atoms with Crippen molar-refractivity contribution in [3.8, 4) is 0 Å². The summed E-state index contributed by atoms with van der Waals surface area (Å²) in [7, 11) is 3.90. The lowest BCUT2D eigenvalue weighted by atomic mass is 10.2. The summed E-state index contributed by atoms with van der Waals surface area (Å²) in [5.41, 5.74) is 2.45. The monoisotopic (exact) mass is 355 g/mol. The number of hydrogen-bond donors (Lipinski definition) is 2. The molecule has 0 radical (unpaired) electrons. The van der Waals surface area contributed by atoms with E-state index in [4.69, 9.17) is 4.74 Å². The summed E-state index contributed by atoms with van der Waals surface area (Å²) in [6.45, 7) is 2.40. The van der Waals surface area contributed by atoms with Crippen LogP contribution in [0, 0.1) is 0 Å². The molecule has 0 saturated heterocycles. The Morgan fingerprint density at radius 2 is 1.69 bits per heavy atom. The lowest BCUT2D eigenvalue weighted by Crippen LogP contribution is -2.21. The van der Waals surface area contributed by atoms with Crippen LogP contribution in [0.5, 0.6) is 0 Å². The van der Waals surface area contributed by atoms with E-state index in [1.165, 1.54) is 0 Å². The molecule has 0 aromatic heterocycles. The van der Waals surface area contributed by atoms with Gasteiger partial charge in [0.05, 0.1) is 17.9 Å². The van der Waals surface area contributed by atoms with Crippen molar-refractivity contribution in [1.82, 2.24) is 0 Å². The van der Waals surface area contributed by atoms with Gasteiger partial charge in [-0.25, -0.2) is 9.59 Å². The van der Waals surface area contributed by atoms with Gasteiger partial charge in [0.25, 0.3) is 0 Å². The van der Waals surface area contributed by atoms with Crippen molar-refractivity contribution < 1.29 is 14.3 Å². The van der Waals surface area contributed by atoms with E-state index in [0.717, 1.165) is 18.5 Å². The lowest BCUT2D eigenvalue weighted by Gasteiger charge is -2.14. The third-order valence-electron chi connectivity index (χ3n) is 3.77. The van der Waals surface area contributed by atoms with Crippen molar-refractivity contribution in [3.05, 3.63) is 54.1 Å². The lowest BCUT2D eigenvalue weighted by molar-refractivity contribution is 0.0501. The first-order valence-corrected chi connectivity index (χ1v) is 8.62. The predicted octanol–water partition coefficient (Wildman–Crippen LogP) is 4.35. The Bertz CT molecular complexity index is 742. The van der Waals surface area contributed by atoms with Crippen molar-refractivity contribution in [2.45, 2.75) is 19.8 Å². The number of urea groups is 1. The third kappa shape index (κ3) is 5.51. The first kappa shape index (κ1) is 19.3. The number of para-hydroxylation sites is 1. The molecule has 0 unspecified atom stereocenters. The molecular weight excluding hydrogens is 330 g/mol. The van der Waals surface area contributed by atoms with Crippen LogP contribution in [0.25, 0.3) is 0 Å². The Kier molecular flexibility index (Phi) is 7.02. The fourth-order valence-electron chi connectivity index (χ4n) is 2.28. The predicted molar refractivity (Wildman–Crippen MR) is 105 cm³/mol. The van der Waals surface area contributed by atoms with Crippen molar-refractivity contribution in [3.63, 3.8) is 0 Å². The van der Waals surface area contributed by atoms with E-state index in [2.05, 4.69) is 10.6 Å². The van der Waals surface area contributed by atoms with Crippen LogP contribution in [0.1, 0.15) is 30.1 Å². The molecule has 0 fully saturated rings. The molecule has 0 atom stereocenters. The van der Waals surface area contributed by atoms with Gasteiger partial charge < -0.3 is 20.3 Å². The van der Waals surface area contributed by atoms with Crippen LogP contribution in [-0.2, 0) is 4.74 Å². The Morgan fingerprint density at radius 1 is 1.00 bits per heavy atom. The van der Waals surface area contributed by atoms with E-state index in [0.29, 0.717) is 23.5 Å². The van der Waals surface area contributed by atoms with Crippen LogP contribution in [0.15, 0.2) is 48.5 Å². The van der Waals surface area contributed by atoms with Crippen LogP contribution < -0.4 is 15.5 Å². The Morgan fingerprint density at radius 3 is 2.35 bits per heavy atom. The highest BCUT2D eigenvalue weighted by molar-refractivity contribution is 6.05. The minimum atomic E-state index is -0.440. The van der Waals surface area contributed by atoms with Crippen LogP contribution in [0.3, 0.4) is 0 Å². The average Bonchev–Trinajstić information content (AvgIpc) is 2.62. The number of ether oxygens (including phenoxy) is 1. The van der Waals surface area contributed by atoms with E-state index >= 15 is 0 Å². The highest BCUT2D eigenvalue weighted by atomic mass is 16.5. The molecule has 2 amide bonds. The van der Waals surface area contributed by atoms with Gasteiger partial charge in [0, 0.05) is 25.5 Å². The van der Waals surface area contributed by atoms with Gasteiger partial charge in [0.2, 0.25) is 0 Å². The quantitative estimate of drug-likeness (QED) is 0.572. The SMILES string of the molecule is CCCCOC(=O)c1ccccc1NC(=O)Nc1ccc(N(C)C)cc1. The van der Waals surface area contributed by atoms with E-state index in [1.807, 2.05) is 50.2 Å². The highest BCUT2D eigenvalue weighted by Crippen LogP contribution is 2.18. The second-order valence-electron chi connectivity index (χ2n) is 6.06. The molecule has 0 bridgehead atoms. The number of rotatable bonds is 7. The Labute approximate surface area is 154 Å². The third-order valence-corrected chi connectivity index (χ3v) is 3.77. The molecule has 0 aliphatic rings. The maximum Gasteiger partial charge on any atom is 0.340 e. The standard InChI is InChI=1S/C20H25N3O3/c1-4-5-14-26-19(24)17-8-6-7-9-18(17)22-20(25)21-15-10-12-16(13-11-15)23(2)3/h6-13H,4-5,14H2,1-3H3,(H2,21,22,25). The molecular formula is C20H25N3O3. The van der Waals surface area contributed by atoms with Gasteiger partial charge in [-0.3, -0.25) is 0 Å². The maximum atomic E-state index is 12.3. The zero-order valence-electron chi connectivity index (χ0n) is 15.4. The average molecular weight is 355 g/mol. The first-order valence-electron chi connectivity index (χ1n) is 8.62. The highest BCUT2D eigenvalue weighted by Gasteiger charge is 2.14. The normalized spacial score (nSPS) is 10.1. The van der Waals surface area contributed by atoms with Crippen molar-refractivity contribution in [1.29, 1.82) is 0 Å². The largest absolute Gasteiger partial charge is 0.462 e. The van der Waals surface area contributed by atoms with Crippen molar-refractivity contribution in [2.75, 3.05) is 36.2 Å². The van der Waals surface area contributed by atoms with Gasteiger partial charge in [-0.15, -0.1) is 0 Å². The van der Waals surface area contributed by atoms with E-state index in [-0.39, 0.29) is 0 Å². The number of carbonyl (C=O) groups is 2. The van der Waals surface area contributed by atoms with Crippen LogP contribution in [0.2, 0.25) is 0 Å². The zero-order chi connectivity index (χ0) is 18.9. The topological polar surface area (TPSA) is 70.7 Å². The number of carbonyl (C=O) groups excluding carboxylic acids is 2. The number of hydrogen-bond acceptors (Lipinski definition) is 4. The summed E-state index contributed by atoms with van der Waals surface area (Å²) < 4.78 is 5.23. The van der Waals surface area contributed by atoms with E-state index in [9.17, 15) is 9.59 Å². The fourth-order valence-corrected chi connectivity index (χ4v) is 2.28. The molecule has 26 heavy (non-hydrogen) atoms. The molecule has 0 spiro atoms. The van der Waals surface area contributed by atoms with Crippen LogP contribution in [-0.4, -0.2) is 32.7 Å². The summed E-state index contributed by atoms with van der Waals surface area (Å²) in [6, 6.07) is 13.8. The number of esters is 1. The second-order valence-corrected chi connectivity index (χ2v) is 6.06. The van der Waals surface area contributed by atoms with E-state index in [1.54, 1.807) is 24.3 Å². The molecule has 6 nitrogen and oxygen atoms in total. The molecule has 0 aliphatic carbocycles. The molecule has 0 heterocycles. The molecule has 2 rings (SSSR count). The molecule has 0 aliphatic heterocycles. The van der Waals surface area contributed by atoms with Gasteiger partial charge in [0.1, 0.15) is 0 Å². The van der Waals surface area contributed by atoms with Gasteiger partial charge in [-0.05, 0) is 42.8 Å². The molecule has 2 aromatic carbocycles. The number of benzene rings is 2. The van der Waals surface area contributed by atoms with Crippen molar-refractivity contribution >= 4 is 29.1 Å². The van der Waals surface area contributed by atoms with Gasteiger partial charge >= 0.3 is 12.0 Å². The van der Waals surface area contributed by atoms with Crippen molar-refractivity contribution in [2.24, 2.45) is 0 Å². The minimum Gasteiger partial charge on any atom is -0.462 e. The zero-order valence-corrected chi connectivity index (χ0v) is 15.4. The first-order chi connectivity index (χ1) is 12.5. The van der Waals surface area contributed by atoms with Gasteiger partial charge in [-0.1, -0.05) is 25.5 Å².